The summed E-state index contributed by atoms with van der Waals surface area (Å²) in [5.74, 6) is 0.192. The average molecular weight is 281 g/mol. The van der Waals surface area contributed by atoms with Gasteiger partial charge in [0.15, 0.2) is 0 Å². The predicted octanol–water partition coefficient (Wildman–Crippen LogP) is 2.41. The zero-order valence-electron chi connectivity index (χ0n) is 12.0. The molecule has 1 aromatic rings. The Morgan fingerprint density at radius 2 is 2.26 bits per heavy atom. The molecule has 2 rings (SSSR count). The number of hydrogen-bond acceptors (Lipinski definition) is 4. The van der Waals surface area contributed by atoms with E-state index in [1.165, 1.54) is 4.88 Å². The minimum atomic E-state index is -0.189. The van der Waals surface area contributed by atoms with Gasteiger partial charge in [-0.25, -0.2) is 4.98 Å². The van der Waals surface area contributed by atoms with E-state index in [0.717, 1.165) is 37.4 Å². The molecule has 2 heterocycles. The Morgan fingerprint density at radius 1 is 1.58 bits per heavy atom. The Bertz CT molecular complexity index is 438. The molecular formula is C14H23N3OS. The van der Waals surface area contributed by atoms with Crippen molar-refractivity contribution >= 4 is 17.2 Å². The predicted molar refractivity (Wildman–Crippen MR) is 78.2 cm³/mol. The normalized spacial score (nSPS) is 19.9. The second-order valence-electron chi connectivity index (χ2n) is 5.39. The summed E-state index contributed by atoms with van der Waals surface area (Å²) in [6.45, 7) is 8.04. The highest BCUT2D eigenvalue weighted by Crippen LogP contribution is 2.33. The number of nitrogens with one attached hydrogen (secondary N) is 2. The van der Waals surface area contributed by atoms with Crippen LogP contribution in [0.4, 0.5) is 0 Å². The van der Waals surface area contributed by atoms with Crippen LogP contribution in [0.1, 0.15) is 49.0 Å². The summed E-state index contributed by atoms with van der Waals surface area (Å²) < 4.78 is 0. The van der Waals surface area contributed by atoms with E-state index in [1.807, 2.05) is 20.0 Å². The zero-order chi connectivity index (χ0) is 13.9. The van der Waals surface area contributed by atoms with Gasteiger partial charge in [-0.05, 0) is 46.2 Å². The van der Waals surface area contributed by atoms with Gasteiger partial charge in [-0.15, -0.1) is 11.3 Å². The number of carbonyl (C=O) groups is 1. The number of aromatic nitrogens is 1. The van der Waals surface area contributed by atoms with E-state index in [-0.39, 0.29) is 17.4 Å². The Morgan fingerprint density at radius 3 is 2.79 bits per heavy atom. The maximum absolute atomic E-state index is 12.6. The molecule has 4 nitrogen and oxygen atoms in total. The molecule has 1 aromatic heterocycles. The van der Waals surface area contributed by atoms with Crippen molar-refractivity contribution in [2.75, 3.05) is 13.1 Å². The molecule has 19 heavy (non-hydrogen) atoms. The van der Waals surface area contributed by atoms with E-state index < -0.39 is 0 Å². The number of rotatable bonds is 4. The van der Waals surface area contributed by atoms with Crippen LogP contribution < -0.4 is 10.6 Å². The molecule has 1 aliphatic heterocycles. The first-order valence-electron chi connectivity index (χ1n) is 7.01. The molecule has 0 bridgehead atoms. The minimum Gasteiger partial charge on any atom is -0.347 e. The summed E-state index contributed by atoms with van der Waals surface area (Å²) in [7, 11) is 0. The molecule has 0 spiro atoms. The topological polar surface area (TPSA) is 54.0 Å². The zero-order valence-corrected chi connectivity index (χ0v) is 12.8. The quantitative estimate of drug-likeness (QED) is 0.891. The maximum atomic E-state index is 12.6. The monoisotopic (exact) mass is 281 g/mol. The van der Waals surface area contributed by atoms with Crippen molar-refractivity contribution in [3.63, 3.8) is 0 Å². The number of nitrogens with zero attached hydrogens (tertiary/aromatic N) is 1. The Balaban J connectivity index is 2.03. The molecule has 5 heteroatoms. The highest BCUT2D eigenvalue weighted by Gasteiger charge is 2.38. The van der Waals surface area contributed by atoms with Gasteiger partial charge in [0.1, 0.15) is 5.01 Å². The number of thiazole rings is 1. The van der Waals surface area contributed by atoms with Crippen LogP contribution in [0, 0.1) is 12.3 Å². The summed E-state index contributed by atoms with van der Waals surface area (Å²) in [4.78, 5) is 18.1. The van der Waals surface area contributed by atoms with Gasteiger partial charge < -0.3 is 10.6 Å². The molecule has 1 amide bonds. The van der Waals surface area contributed by atoms with Gasteiger partial charge in [0, 0.05) is 11.1 Å². The van der Waals surface area contributed by atoms with Gasteiger partial charge in [-0.2, -0.15) is 0 Å². The average Bonchev–Trinajstić information content (AvgIpc) is 2.86. The molecular weight excluding hydrogens is 258 g/mol. The molecule has 2 N–H and O–H groups in total. The fourth-order valence-electron chi connectivity index (χ4n) is 2.63. The molecule has 0 aromatic carbocycles. The number of amides is 1. The third kappa shape index (κ3) is 3.15. The fraction of sp³-hybridized carbons (Fsp3) is 0.714. The van der Waals surface area contributed by atoms with Gasteiger partial charge in [0.2, 0.25) is 5.91 Å². The summed E-state index contributed by atoms with van der Waals surface area (Å²) in [5, 5.41) is 7.47. The van der Waals surface area contributed by atoms with Crippen LogP contribution in [0.2, 0.25) is 0 Å². The highest BCUT2D eigenvalue weighted by molar-refractivity contribution is 7.11. The van der Waals surface area contributed by atoms with Gasteiger partial charge in [-0.3, -0.25) is 4.79 Å². The van der Waals surface area contributed by atoms with E-state index in [1.54, 1.807) is 11.3 Å². The van der Waals surface area contributed by atoms with Gasteiger partial charge >= 0.3 is 0 Å². The molecule has 1 unspecified atom stereocenters. The van der Waals surface area contributed by atoms with Gasteiger partial charge in [0.05, 0.1) is 11.5 Å². The molecule has 106 valence electrons. The highest BCUT2D eigenvalue weighted by atomic mass is 32.1. The van der Waals surface area contributed by atoms with E-state index in [0.29, 0.717) is 0 Å². The molecule has 1 saturated heterocycles. The first-order valence-corrected chi connectivity index (χ1v) is 7.83. The van der Waals surface area contributed by atoms with Crippen LogP contribution in [-0.4, -0.2) is 24.0 Å². The fourth-order valence-corrected chi connectivity index (χ4v) is 3.41. The van der Waals surface area contributed by atoms with E-state index in [4.69, 9.17) is 0 Å². The van der Waals surface area contributed by atoms with E-state index >= 15 is 0 Å². The Kier molecular flexibility index (Phi) is 4.58. The molecule has 0 aliphatic carbocycles. The van der Waals surface area contributed by atoms with Crippen molar-refractivity contribution in [2.24, 2.45) is 5.41 Å². The lowest BCUT2D eigenvalue weighted by atomic mass is 9.75. The lowest BCUT2D eigenvalue weighted by molar-refractivity contribution is -0.133. The number of carbonyl (C=O) groups excluding carboxylic acids is 1. The first kappa shape index (κ1) is 14.5. The summed E-state index contributed by atoms with van der Waals surface area (Å²) >= 11 is 1.65. The van der Waals surface area contributed by atoms with Gasteiger partial charge in [0.25, 0.3) is 0 Å². The summed E-state index contributed by atoms with van der Waals surface area (Å²) in [6, 6.07) is 0.00418. The van der Waals surface area contributed by atoms with E-state index in [2.05, 4.69) is 22.5 Å². The largest absolute Gasteiger partial charge is 0.347 e. The standard InChI is InChI=1S/C14H23N3OS/c1-4-14(5-7-15-8-6-14)13(18)17-11(3)12-16-9-10(2)19-12/h9,11,15H,4-8H2,1-3H3,(H,17,18). The summed E-state index contributed by atoms with van der Waals surface area (Å²) in [5.41, 5.74) is -0.189. The first-order chi connectivity index (χ1) is 9.07. The lowest BCUT2D eigenvalue weighted by Crippen LogP contribution is -2.47. The Hall–Kier alpha value is -0.940. The minimum absolute atomic E-state index is 0.00418. The van der Waals surface area contributed by atoms with Crippen molar-refractivity contribution in [3.8, 4) is 0 Å². The van der Waals surface area contributed by atoms with Crippen molar-refractivity contribution in [2.45, 2.75) is 46.1 Å². The van der Waals surface area contributed by atoms with Gasteiger partial charge in [-0.1, -0.05) is 6.92 Å². The van der Waals surface area contributed by atoms with Crippen LogP contribution in [0.15, 0.2) is 6.20 Å². The molecule has 0 radical (unpaired) electrons. The third-order valence-electron chi connectivity index (χ3n) is 4.08. The molecule has 1 atom stereocenters. The van der Waals surface area contributed by atoms with Crippen LogP contribution in [0.5, 0.6) is 0 Å². The van der Waals surface area contributed by atoms with E-state index in [9.17, 15) is 4.79 Å². The van der Waals surface area contributed by atoms with Crippen LogP contribution in [0.25, 0.3) is 0 Å². The smallest absolute Gasteiger partial charge is 0.226 e. The summed E-state index contributed by atoms with van der Waals surface area (Å²) in [6.07, 6.45) is 4.63. The SMILES string of the molecule is CCC1(C(=O)NC(C)c2ncc(C)s2)CCNCC1. The van der Waals surface area contributed by atoms with Crippen LogP contribution in [0.3, 0.4) is 0 Å². The van der Waals surface area contributed by atoms with Crippen molar-refractivity contribution in [3.05, 3.63) is 16.1 Å². The van der Waals surface area contributed by atoms with Crippen molar-refractivity contribution < 1.29 is 4.79 Å². The second-order valence-corrected chi connectivity index (χ2v) is 6.65. The van der Waals surface area contributed by atoms with Crippen LogP contribution in [-0.2, 0) is 4.79 Å². The second kappa shape index (κ2) is 6.01. The maximum Gasteiger partial charge on any atom is 0.226 e. The Labute approximate surface area is 119 Å². The number of hydrogen-bond donors (Lipinski definition) is 2. The van der Waals surface area contributed by atoms with Crippen molar-refractivity contribution in [1.82, 2.24) is 15.6 Å². The molecule has 1 aliphatic rings. The third-order valence-corrected chi connectivity index (χ3v) is 5.17. The van der Waals surface area contributed by atoms with Crippen LogP contribution >= 0.6 is 11.3 Å². The number of aryl methyl sites for hydroxylation is 1. The number of piperidine rings is 1. The molecule has 0 saturated carbocycles. The molecule has 1 fully saturated rings. The van der Waals surface area contributed by atoms with Crippen molar-refractivity contribution in [1.29, 1.82) is 0 Å². The lowest BCUT2D eigenvalue weighted by Gasteiger charge is -2.36.